The van der Waals surface area contributed by atoms with Gasteiger partial charge >= 0.3 is 0 Å². The van der Waals surface area contributed by atoms with Crippen LogP contribution in [-0.4, -0.2) is 39.9 Å². The fourth-order valence-electron chi connectivity index (χ4n) is 3.07. The van der Waals surface area contributed by atoms with Crippen LogP contribution in [-0.2, 0) is 0 Å². The van der Waals surface area contributed by atoms with E-state index < -0.39 is 5.56 Å². The number of rotatable bonds is 3. The van der Waals surface area contributed by atoms with Gasteiger partial charge in [-0.1, -0.05) is 29.8 Å². The summed E-state index contributed by atoms with van der Waals surface area (Å²) in [7, 11) is 0. The van der Waals surface area contributed by atoms with E-state index in [-0.39, 0.29) is 17.5 Å². The lowest BCUT2D eigenvalue weighted by Gasteiger charge is -2.34. The number of aromatic nitrogens is 2. The summed E-state index contributed by atoms with van der Waals surface area (Å²) in [5.41, 5.74) is 7.37. The maximum Gasteiger partial charge on any atom is 0.264 e. The summed E-state index contributed by atoms with van der Waals surface area (Å²) in [6.45, 7) is 3.05. The molecule has 3 rings (SSSR count). The van der Waals surface area contributed by atoms with Gasteiger partial charge in [0.2, 0.25) is 0 Å². The number of carbonyl (C=O) groups is 1. The first-order valence-corrected chi connectivity index (χ1v) is 8.27. The Balaban J connectivity index is 1.88. The summed E-state index contributed by atoms with van der Waals surface area (Å²) in [5.74, 6) is 0.180. The molecule has 2 heterocycles. The quantitative estimate of drug-likeness (QED) is 0.898. The Morgan fingerprint density at radius 1 is 1.33 bits per heavy atom. The molecule has 126 valence electrons. The lowest BCUT2D eigenvalue weighted by molar-refractivity contribution is 0.0621. The highest BCUT2D eigenvalue weighted by Gasteiger charge is 2.28. The number of piperidine rings is 1. The van der Waals surface area contributed by atoms with E-state index >= 15 is 0 Å². The topological polar surface area (TPSA) is 92.1 Å². The Hall–Kier alpha value is -2.47. The van der Waals surface area contributed by atoms with Gasteiger partial charge in [0.1, 0.15) is 11.4 Å². The predicted octanol–water partition coefficient (Wildman–Crippen LogP) is 1.70. The van der Waals surface area contributed by atoms with E-state index in [1.54, 1.807) is 4.90 Å². The fraction of sp³-hybridized carbons (Fsp3) is 0.389. The van der Waals surface area contributed by atoms with Crippen LogP contribution in [0.2, 0.25) is 0 Å². The van der Waals surface area contributed by atoms with E-state index in [0.717, 1.165) is 30.4 Å². The summed E-state index contributed by atoms with van der Waals surface area (Å²) < 4.78 is 0. The van der Waals surface area contributed by atoms with Crippen LogP contribution in [0, 0.1) is 6.92 Å². The summed E-state index contributed by atoms with van der Waals surface area (Å²) in [6, 6.07) is 7.69. The molecule has 6 heteroatoms. The minimum atomic E-state index is -0.410. The zero-order chi connectivity index (χ0) is 17.1. The van der Waals surface area contributed by atoms with Crippen LogP contribution in [0.5, 0.6) is 0 Å². The van der Waals surface area contributed by atoms with Gasteiger partial charge in [-0.15, -0.1) is 0 Å². The van der Waals surface area contributed by atoms with Gasteiger partial charge in [-0.2, -0.15) is 0 Å². The van der Waals surface area contributed by atoms with Crippen LogP contribution in [0.3, 0.4) is 0 Å². The van der Waals surface area contributed by atoms with E-state index in [1.165, 1.54) is 6.20 Å². The van der Waals surface area contributed by atoms with Crippen molar-refractivity contribution in [3.05, 3.63) is 51.9 Å². The molecule has 24 heavy (non-hydrogen) atoms. The van der Waals surface area contributed by atoms with Gasteiger partial charge in [-0.3, -0.25) is 9.59 Å². The molecule has 6 nitrogen and oxygen atoms in total. The molecule has 1 aromatic heterocycles. The molecular formula is C18H22N4O2. The molecule has 1 aliphatic rings. The number of H-pyrrole nitrogens is 1. The SMILES string of the molecule is Cc1ccc(-c2ncc(C(=O)N3CCCCC3CN)c(=O)[nH]2)cc1. The van der Waals surface area contributed by atoms with Crippen molar-refractivity contribution in [2.45, 2.75) is 32.2 Å². The van der Waals surface area contributed by atoms with Gasteiger partial charge in [-0.05, 0) is 26.2 Å². The van der Waals surface area contributed by atoms with Gasteiger partial charge in [-0.25, -0.2) is 4.98 Å². The summed E-state index contributed by atoms with van der Waals surface area (Å²) in [4.78, 5) is 33.8. The monoisotopic (exact) mass is 326 g/mol. The maximum atomic E-state index is 12.7. The smallest absolute Gasteiger partial charge is 0.264 e. The molecule has 0 spiro atoms. The summed E-state index contributed by atoms with van der Waals surface area (Å²) in [5, 5.41) is 0. The first-order valence-electron chi connectivity index (χ1n) is 8.27. The van der Waals surface area contributed by atoms with E-state index in [2.05, 4.69) is 9.97 Å². The third kappa shape index (κ3) is 3.23. The normalized spacial score (nSPS) is 17.8. The molecule has 1 amide bonds. The van der Waals surface area contributed by atoms with Gasteiger partial charge in [0, 0.05) is 30.9 Å². The van der Waals surface area contributed by atoms with E-state index in [0.29, 0.717) is 18.9 Å². The highest BCUT2D eigenvalue weighted by atomic mass is 16.2. The molecule has 1 unspecified atom stereocenters. The van der Waals surface area contributed by atoms with Crippen molar-refractivity contribution in [3.63, 3.8) is 0 Å². The molecule has 0 saturated carbocycles. The van der Waals surface area contributed by atoms with Gasteiger partial charge in [0.15, 0.2) is 0 Å². The molecule has 0 aliphatic carbocycles. The second-order valence-electron chi connectivity index (χ2n) is 6.22. The highest BCUT2D eigenvalue weighted by molar-refractivity contribution is 5.94. The van der Waals surface area contributed by atoms with E-state index in [1.807, 2.05) is 31.2 Å². The minimum Gasteiger partial charge on any atom is -0.334 e. The van der Waals surface area contributed by atoms with Crippen LogP contribution >= 0.6 is 0 Å². The first-order chi connectivity index (χ1) is 11.6. The van der Waals surface area contributed by atoms with Crippen LogP contribution in [0.1, 0.15) is 35.2 Å². The molecule has 1 saturated heterocycles. The third-order valence-electron chi connectivity index (χ3n) is 4.51. The minimum absolute atomic E-state index is 0.00225. The Morgan fingerprint density at radius 3 is 2.75 bits per heavy atom. The van der Waals surface area contributed by atoms with Crippen LogP contribution in [0.25, 0.3) is 11.4 Å². The lowest BCUT2D eigenvalue weighted by Crippen LogP contribution is -2.48. The Bertz CT molecular complexity index is 782. The number of carbonyl (C=O) groups excluding carboxylic acids is 1. The summed E-state index contributed by atoms with van der Waals surface area (Å²) in [6.07, 6.45) is 4.26. The fourth-order valence-corrected chi connectivity index (χ4v) is 3.07. The number of aryl methyl sites for hydroxylation is 1. The molecular weight excluding hydrogens is 304 g/mol. The second kappa shape index (κ2) is 6.97. The van der Waals surface area contributed by atoms with E-state index in [9.17, 15) is 9.59 Å². The molecule has 0 bridgehead atoms. The average molecular weight is 326 g/mol. The van der Waals surface area contributed by atoms with Crippen molar-refractivity contribution in [1.82, 2.24) is 14.9 Å². The van der Waals surface area contributed by atoms with Gasteiger partial charge in [0.05, 0.1) is 0 Å². The number of nitrogens with two attached hydrogens (primary N) is 1. The highest BCUT2D eigenvalue weighted by Crippen LogP contribution is 2.18. The van der Waals surface area contributed by atoms with Crippen LogP contribution in [0.15, 0.2) is 35.3 Å². The Kier molecular flexibility index (Phi) is 4.76. The molecule has 1 aliphatic heterocycles. The van der Waals surface area contributed by atoms with Crippen molar-refractivity contribution < 1.29 is 4.79 Å². The standard InChI is InChI=1S/C18H22N4O2/c1-12-5-7-13(8-6-12)16-20-11-15(17(23)21-16)18(24)22-9-3-2-4-14(22)10-19/h5-8,11,14H,2-4,9-10,19H2,1H3,(H,20,21,23). The zero-order valence-corrected chi connectivity index (χ0v) is 13.8. The largest absolute Gasteiger partial charge is 0.334 e. The molecule has 1 atom stereocenters. The number of nitrogens with zero attached hydrogens (tertiary/aromatic N) is 2. The maximum absolute atomic E-state index is 12.7. The van der Waals surface area contributed by atoms with Crippen molar-refractivity contribution in [2.75, 3.05) is 13.1 Å². The molecule has 1 aromatic carbocycles. The third-order valence-corrected chi connectivity index (χ3v) is 4.51. The predicted molar refractivity (Wildman–Crippen MR) is 92.8 cm³/mol. The lowest BCUT2D eigenvalue weighted by atomic mass is 10.0. The number of hydrogen-bond donors (Lipinski definition) is 2. The van der Waals surface area contributed by atoms with Gasteiger partial charge < -0.3 is 15.6 Å². The summed E-state index contributed by atoms with van der Waals surface area (Å²) >= 11 is 0. The number of amides is 1. The van der Waals surface area contributed by atoms with Crippen molar-refractivity contribution in [2.24, 2.45) is 5.73 Å². The number of hydrogen-bond acceptors (Lipinski definition) is 4. The second-order valence-corrected chi connectivity index (χ2v) is 6.22. The van der Waals surface area contributed by atoms with Crippen molar-refractivity contribution in [1.29, 1.82) is 0 Å². The molecule has 2 aromatic rings. The average Bonchev–Trinajstić information content (AvgIpc) is 2.61. The van der Waals surface area contributed by atoms with E-state index in [4.69, 9.17) is 5.73 Å². The number of aromatic amines is 1. The Morgan fingerprint density at radius 2 is 2.08 bits per heavy atom. The Labute approximate surface area is 140 Å². The number of nitrogens with one attached hydrogen (secondary N) is 1. The first kappa shape index (κ1) is 16.4. The number of likely N-dealkylation sites (tertiary alicyclic amines) is 1. The molecule has 1 fully saturated rings. The van der Waals surface area contributed by atoms with Crippen LogP contribution in [0.4, 0.5) is 0 Å². The van der Waals surface area contributed by atoms with Crippen molar-refractivity contribution in [3.8, 4) is 11.4 Å². The van der Waals surface area contributed by atoms with Crippen LogP contribution < -0.4 is 11.3 Å². The molecule has 0 radical (unpaired) electrons. The van der Waals surface area contributed by atoms with Gasteiger partial charge in [0.25, 0.3) is 11.5 Å². The zero-order valence-electron chi connectivity index (χ0n) is 13.8. The molecule has 3 N–H and O–H groups in total. The number of benzene rings is 1. The van der Waals surface area contributed by atoms with Crippen molar-refractivity contribution >= 4 is 5.91 Å².